The highest BCUT2D eigenvalue weighted by molar-refractivity contribution is 5.79. The number of phenolic OH excluding ortho intramolecular Hbond substituents is 1. The number of rotatable bonds is 3. The molecule has 0 aliphatic carbocycles. The maximum Gasteiger partial charge on any atom is 0.250 e. The Labute approximate surface area is 198 Å². The summed E-state index contributed by atoms with van der Waals surface area (Å²) >= 11 is 0. The molecular formula is C26H30N6O2. The Morgan fingerprint density at radius 2 is 1.74 bits per heavy atom. The Hall–Kier alpha value is -3.39. The molecule has 2 aromatic heterocycles. The topological polar surface area (TPSA) is 86.5 Å². The smallest absolute Gasteiger partial charge is 0.250 e. The second-order valence-corrected chi connectivity index (χ2v) is 9.91. The highest BCUT2D eigenvalue weighted by Gasteiger charge is 2.38. The van der Waals surface area contributed by atoms with Crippen molar-refractivity contribution in [2.45, 2.75) is 43.8 Å². The maximum absolute atomic E-state index is 12.0. The van der Waals surface area contributed by atoms with Gasteiger partial charge >= 0.3 is 0 Å². The van der Waals surface area contributed by atoms with Crippen LogP contribution in [0.1, 0.15) is 25.7 Å². The van der Waals surface area contributed by atoms with Crippen LogP contribution < -0.4 is 20.7 Å². The zero-order valence-corrected chi connectivity index (χ0v) is 19.6. The van der Waals surface area contributed by atoms with Crippen LogP contribution in [0.5, 0.6) is 5.75 Å². The average Bonchev–Trinajstić information content (AvgIpc) is 3.18. The SMILES string of the molecule is CN1CCN([C@@H]2C[C@H]3CC[C@@H](C2)N3)c2nnc(-c3ccc(-c4ccn(C)c(=O)c4)cc3O)cc21. The number of nitrogens with one attached hydrogen (secondary N) is 1. The molecule has 1 aromatic carbocycles. The number of likely N-dealkylation sites (N-methyl/N-ethyl adjacent to an activating group) is 1. The van der Waals surface area contributed by atoms with E-state index in [-0.39, 0.29) is 11.3 Å². The normalized spacial score (nSPS) is 23.8. The van der Waals surface area contributed by atoms with Crippen molar-refractivity contribution in [3.63, 3.8) is 0 Å². The Kier molecular flexibility index (Phi) is 5.06. The van der Waals surface area contributed by atoms with Gasteiger partial charge < -0.3 is 24.8 Å². The number of aromatic hydroxyl groups is 1. The van der Waals surface area contributed by atoms with E-state index in [9.17, 15) is 9.90 Å². The molecule has 3 aromatic rings. The van der Waals surface area contributed by atoms with Crippen LogP contribution in [0.25, 0.3) is 22.4 Å². The minimum absolute atomic E-state index is 0.0871. The average molecular weight is 459 g/mol. The van der Waals surface area contributed by atoms with Crippen LogP contribution in [-0.2, 0) is 7.05 Å². The molecule has 2 saturated heterocycles. The third-order valence-corrected chi connectivity index (χ3v) is 7.71. The second-order valence-electron chi connectivity index (χ2n) is 9.91. The lowest BCUT2D eigenvalue weighted by Crippen LogP contribution is -2.52. The van der Waals surface area contributed by atoms with Crippen molar-refractivity contribution < 1.29 is 5.11 Å². The second kappa shape index (κ2) is 8.13. The molecular weight excluding hydrogens is 428 g/mol. The van der Waals surface area contributed by atoms with Crippen molar-refractivity contribution in [3.8, 4) is 28.1 Å². The van der Waals surface area contributed by atoms with E-state index >= 15 is 0 Å². The molecule has 8 heteroatoms. The summed E-state index contributed by atoms with van der Waals surface area (Å²) in [6.45, 7) is 1.89. The molecule has 3 atom stereocenters. The number of phenols is 1. The number of hydrogen-bond donors (Lipinski definition) is 2. The minimum atomic E-state index is -0.0871. The summed E-state index contributed by atoms with van der Waals surface area (Å²) in [6.07, 6.45) is 6.60. The van der Waals surface area contributed by atoms with Gasteiger partial charge in [0, 0.05) is 63.1 Å². The number of piperidine rings is 1. The Bertz CT molecular complexity index is 1290. The zero-order valence-electron chi connectivity index (χ0n) is 19.6. The molecule has 2 fully saturated rings. The van der Waals surface area contributed by atoms with Gasteiger partial charge in [-0.3, -0.25) is 4.79 Å². The Morgan fingerprint density at radius 1 is 0.971 bits per heavy atom. The molecule has 8 nitrogen and oxygen atoms in total. The summed E-state index contributed by atoms with van der Waals surface area (Å²) in [5, 5.41) is 23.8. The molecule has 0 unspecified atom stereocenters. The number of benzene rings is 1. The lowest BCUT2D eigenvalue weighted by Gasteiger charge is -2.43. The van der Waals surface area contributed by atoms with Gasteiger partial charge in [-0.05, 0) is 61.1 Å². The van der Waals surface area contributed by atoms with Gasteiger partial charge in [0.25, 0.3) is 5.56 Å². The van der Waals surface area contributed by atoms with Gasteiger partial charge in [0.05, 0.1) is 11.4 Å². The summed E-state index contributed by atoms with van der Waals surface area (Å²) in [5.41, 5.74) is 3.80. The van der Waals surface area contributed by atoms with Crippen LogP contribution in [0.15, 0.2) is 47.4 Å². The monoisotopic (exact) mass is 458 g/mol. The fourth-order valence-electron chi connectivity index (χ4n) is 5.77. The van der Waals surface area contributed by atoms with Gasteiger partial charge in [-0.25, -0.2) is 0 Å². The lowest BCUT2D eigenvalue weighted by atomic mass is 9.97. The first-order chi connectivity index (χ1) is 16.5. The summed E-state index contributed by atoms with van der Waals surface area (Å²) in [4.78, 5) is 16.7. The molecule has 2 N–H and O–H groups in total. The van der Waals surface area contributed by atoms with Crippen LogP contribution in [0.3, 0.4) is 0 Å². The predicted octanol–water partition coefficient (Wildman–Crippen LogP) is 2.75. The van der Waals surface area contributed by atoms with Gasteiger partial charge in [0.2, 0.25) is 0 Å². The van der Waals surface area contributed by atoms with Crippen LogP contribution in [0.2, 0.25) is 0 Å². The van der Waals surface area contributed by atoms with E-state index in [0.29, 0.717) is 29.4 Å². The van der Waals surface area contributed by atoms with Gasteiger partial charge in [-0.1, -0.05) is 6.07 Å². The number of pyridine rings is 1. The quantitative estimate of drug-likeness (QED) is 0.624. The maximum atomic E-state index is 12.0. The summed E-state index contributed by atoms with van der Waals surface area (Å²) in [6, 6.07) is 12.7. The zero-order chi connectivity index (χ0) is 23.4. The molecule has 0 spiro atoms. The molecule has 0 radical (unpaired) electrons. The third-order valence-electron chi connectivity index (χ3n) is 7.71. The summed E-state index contributed by atoms with van der Waals surface area (Å²) in [7, 11) is 3.81. The van der Waals surface area contributed by atoms with Gasteiger partial charge in [-0.15, -0.1) is 10.2 Å². The highest BCUT2D eigenvalue weighted by Crippen LogP contribution is 2.40. The number of aromatic nitrogens is 3. The van der Waals surface area contributed by atoms with Crippen molar-refractivity contribution in [3.05, 3.63) is 52.9 Å². The van der Waals surface area contributed by atoms with E-state index in [1.54, 1.807) is 25.4 Å². The number of anilines is 2. The minimum Gasteiger partial charge on any atom is -0.507 e. The molecule has 3 aliphatic heterocycles. The van der Waals surface area contributed by atoms with Crippen molar-refractivity contribution in [1.29, 1.82) is 0 Å². The van der Waals surface area contributed by atoms with Gasteiger partial charge in [0.15, 0.2) is 5.82 Å². The highest BCUT2D eigenvalue weighted by atomic mass is 16.3. The van der Waals surface area contributed by atoms with E-state index in [2.05, 4.69) is 32.4 Å². The van der Waals surface area contributed by atoms with E-state index in [1.165, 1.54) is 17.4 Å². The van der Waals surface area contributed by atoms with Crippen molar-refractivity contribution >= 4 is 11.5 Å². The molecule has 0 amide bonds. The van der Waals surface area contributed by atoms with Gasteiger partial charge in [-0.2, -0.15) is 0 Å². The van der Waals surface area contributed by atoms with E-state index in [1.807, 2.05) is 24.3 Å². The van der Waals surface area contributed by atoms with E-state index in [0.717, 1.165) is 48.6 Å². The molecule has 2 bridgehead atoms. The van der Waals surface area contributed by atoms with Crippen molar-refractivity contribution in [1.82, 2.24) is 20.1 Å². The van der Waals surface area contributed by atoms with E-state index in [4.69, 9.17) is 0 Å². The van der Waals surface area contributed by atoms with Crippen LogP contribution in [0, 0.1) is 0 Å². The predicted molar refractivity (Wildman–Crippen MR) is 133 cm³/mol. The molecule has 3 aliphatic rings. The van der Waals surface area contributed by atoms with Crippen LogP contribution >= 0.6 is 0 Å². The Balaban J connectivity index is 1.32. The molecule has 176 valence electrons. The van der Waals surface area contributed by atoms with Crippen molar-refractivity contribution in [2.24, 2.45) is 7.05 Å². The molecule has 6 rings (SSSR count). The number of fused-ring (bicyclic) bond motifs is 3. The van der Waals surface area contributed by atoms with Crippen molar-refractivity contribution in [2.75, 3.05) is 29.9 Å². The molecule has 0 saturated carbocycles. The lowest BCUT2D eigenvalue weighted by molar-refractivity contribution is 0.344. The van der Waals surface area contributed by atoms with E-state index < -0.39 is 0 Å². The standard InChI is InChI=1S/C26H30N6O2/c1-30-9-10-32(20-13-18-4-5-19(14-20)27-18)26-23(30)15-22(28-29-26)21-6-3-16(11-24(21)33)17-7-8-31(2)25(34)12-17/h3,6-8,11-12,15,18-20,27,33H,4-5,9-10,13-14H2,1-2H3/t18-,19+,20-. The molecule has 34 heavy (non-hydrogen) atoms. The number of hydrogen-bond acceptors (Lipinski definition) is 7. The largest absolute Gasteiger partial charge is 0.507 e. The first-order valence-electron chi connectivity index (χ1n) is 12.1. The fourth-order valence-corrected chi connectivity index (χ4v) is 5.77. The molecule has 5 heterocycles. The first-order valence-corrected chi connectivity index (χ1v) is 12.1. The fraction of sp³-hybridized carbons (Fsp3) is 0.423. The van der Waals surface area contributed by atoms with Gasteiger partial charge in [0.1, 0.15) is 5.75 Å². The number of nitrogens with zero attached hydrogens (tertiary/aromatic N) is 5. The first kappa shape index (κ1) is 21.2. The van der Waals surface area contributed by atoms with Crippen LogP contribution in [-0.4, -0.2) is 58.1 Å². The van der Waals surface area contributed by atoms with Crippen LogP contribution in [0.4, 0.5) is 11.5 Å². The summed E-state index contributed by atoms with van der Waals surface area (Å²) in [5.74, 6) is 1.07. The third kappa shape index (κ3) is 3.62. The summed E-state index contributed by atoms with van der Waals surface area (Å²) < 4.78 is 1.52. The Morgan fingerprint density at radius 3 is 2.47 bits per heavy atom. The number of aryl methyl sites for hydroxylation is 1.